The summed E-state index contributed by atoms with van der Waals surface area (Å²) in [6.45, 7) is 0. The lowest BCUT2D eigenvalue weighted by atomic mass is 9.91. The second-order valence-corrected chi connectivity index (χ2v) is 7.91. The number of aromatic nitrogens is 4. The standard InChI is InChI=1S/C15H16N4O2S/c20-14(10-5-12-1-2-13(6-10)22(12)21)11-7-17-15(18-8-11)19-4-3-16-9-19/h3-4,7-10,12-13H,1-2,5-6H2. The van der Waals surface area contributed by atoms with E-state index in [0.29, 0.717) is 11.5 Å². The average Bonchev–Trinajstić information content (AvgIpc) is 3.13. The fraction of sp³-hybridized carbons (Fsp3) is 0.467. The van der Waals surface area contributed by atoms with Crippen LogP contribution in [0.2, 0.25) is 0 Å². The molecule has 2 aromatic rings. The van der Waals surface area contributed by atoms with Crippen molar-refractivity contribution in [1.82, 2.24) is 19.5 Å². The molecule has 114 valence electrons. The largest absolute Gasteiger partial charge is 0.294 e. The van der Waals surface area contributed by atoms with E-state index in [1.54, 1.807) is 35.7 Å². The summed E-state index contributed by atoms with van der Waals surface area (Å²) in [4.78, 5) is 25.0. The lowest BCUT2D eigenvalue weighted by Gasteiger charge is -2.26. The van der Waals surface area contributed by atoms with Crippen molar-refractivity contribution < 1.29 is 9.00 Å². The van der Waals surface area contributed by atoms with Gasteiger partial charge in [0.1, 0.15) is 6.33 Å². The third kappa shape index (κ3) is 2.29. The van der Waals surface area contributed by atoms with Crippen molar-refractivity contribution in [2.45, 2.75) is 36.2 Å². The van der Waals surface area contributed by atoms with Gasteiger partial charge in [0.25, 0.3) is 0 Å². The molecule has 7 heteroatoms. The number of hydrogen-bond acceptors (Lipinski definition) is 5. The molecule has 2 atom stereocenters. The van der Waals surface area contributed by atoms with E-state index < -0.39 is 10.8 Å². The molecular weight excluding hydrogens is 300 g/mol. The van der Waals surface area contributed by atoms with Gasteiger partial charge in [-0.25, -0.2) is 15.0 Å². The molecule has 0 aliphatic carbocycles. The van der Waals surface area contributed by atoms with Crippen LogP contribution in [-0.4, -0.2) is 40.0 Å². The summed E-state index contributed by atoms with van der Waals surface area (Å²) in [6.07, 6.45) is 11.7. The van der Waals surface area contributed by atoms with Gasteiger partial charge in [0.05, 0.1) is 5.56 Å². The molecule has 4 rings (SSSR count). The highest BCUT2D eigenvalue weighted by Crippen LogP contribution is 2.39. The van der Waals surface area contributed by atoms with E-state index >= 15 is 0 Å². The van der Waals surface area contributed by atoms with Crippen LogP contribution >= 0.6 is 0 Å². The Balaban J connectivity index is 1.52. The highest BCUT2D eigenvalue weighted by molar-refractivity contribution is 7.86. The van der Waals surface area contributed by atoms with Gasteiger partial charge >= 0.3 is 0 Å². The number of ketones is 1. The summed E-state index contributed by atoms with van der Waals surface area (Å²) < 4.78 is 13.7. The molecular formula is C15H16N4O2S. The molecule has 2 fully saturated rings. The number of hydrogen-bond donors (Lipinski definition) is 0. The Labute approximate surface area is 130 Å². The maximum atomic E-state index is 12.6. The molecule has 2 unspecified atom stereocenters. The highest BCUT2D eigenvalue weighted by atomic mass is 32.2. The SMILES string of the molecule is O=C(c1cnc(-n2ccnc2)nc1)C1CC2CCC(C1)S2=O. The van der Waals surface area contributed by atoms with Crippen LogP contribution in [0.25, 0.3) is 5.95 Å². The molecule has 0 amide bonds. The predicted octanol–water partition coefficient (Wildman–Crippen LogP) is 1.53. The van der Waals surface area contributed by atoms with Crippen molar-refractivity contribution in [2.75, 3.05) is 0 Å². The van der Waals surface area contributed by atoms with Crippen molar-refractivity contribution in [3.8, 4) is 5.95 Å². The van der Waals surface area contributed by atoms with Gasteiger partial charge in [-0.3, -0.25) is 13.6 Å². The van der Waals surface area contributed by atoms with Crippen molar-refractivity contribution >= 4 is 16.6 Å². The predicted molar refractivity (Wildman–Crippen MR) is 81.2 cm³/mol. The minimum Gasteiger partial charge on any atom is -0.294 e. The molecule has 4 heterocycles. The second kappa shape index (κ2) is 5.39. The molecule has 2 bridgehead atoms. The molecule has 0 saturated carbocycles. The lowest BCUT2D eigenvalue weighted by molar-refractivity contribution is 0.0905. The van der Waals surface area contributed by atoms with Crippen LogP contribution in [-0.2, 0) is 10.8 Å². The second-order valence-electron chi connectivity index (χ2n) is 5.92. The fourth-order valence-electron chi connectivity index (χ4n) is 3.44. The number of imidazole rings is 1. The van der Waals surface area contributed by atoms with Crippen LogP contribution < -0.4 is 0 Å². The third-order valence-electron chi connectivity index (χ3n) is 4.59. The molecule has 0 spiro atoms. The number of fused-ring (bicyclic) bond motifs is 2. The number of nitrogens with zero attached hydrogens (tertiary/aromatic N) is 4. The first kappa shape index (κ1) is 13.8. The normalized spacial score (nSPS) is 30.4. The van der Waals surface area contributed by atoms with Gasteiger partial charge in [-0.1, -0.05) is 0 Å². The van der Waals surface area contributed by atoms with Crippen molar-refractivity contribution in [3.63, 3.8) is 0 Å². The zero-order chi connectivity index (χ0) is 15.1. The Kier molecular flexibility index (Phi) is 3.37. The van der Waals surface area contributed by atoms with Gasteiger partial charge in [-0.15, -0.1) is 0 Å². The molecule has 2 aliphatic heterocycles. The van der Waals surface area contributed by atoms with Gasteiger partial charge < -0.3 is 0 Å². The Morgan fingerprint density at radius 1 is 1.18 bits per heavy atom. The van der Waals surface area contributed by atoms with E-state index in [1.807, 2.05) is 0 Å². The first-order chi connectivity index (χ1) is 10.7. The quantitative estimate of drug-likeness (QED) is 0.803. The van der Waals surface area contributed by atoms with Crippen LogP contribution in [0.3, 0.4) is 0 Å². The van der Waals surface area contributed by atoms with E-state index in [1.165, 1.54) is 0 Å². The van der Waals surface area contributed by atoms with Gasteiger partial charge in [0, 0.05) is 52.0 Å². The van der Waals surface area contributed by atoms with Gasteiger partial charge in [0.15, 0.2) is 5.78 Å². The summed E-state index contributed by atoms with van der Waals surface area (Å²) in [5, 5.41) is 0.415. The highest BCUT2D eigenvalue weighted by Gasteiger charge is 2.42. The van der Waals surface area contributed by atoms with E-state index in [2.05, 4.69) is 15.0 Å². The zero-order valence-electron chi connectivity index (χ0n) is 12.0. The van der Waals surface area contributed by atoms with Crippen LogP contribution in [0, 0.1) is 5.92 Å². The van der Waals surface area contributed by atoms with Crippen molar-refractivity contribution in [1.29, 1.82) is 0 Å². The molecule has 22 heavy (non-hydrogen) atoms. The van der Waals surface area contributed by atoms with E-state index in [9.17, 15) is 9.00 Å². The lowest BCUT2D eigenvalue weighted by Crippen LogP contribution is -2.32. The Bertz CT molecular complexity index is 698. The van der Waals surface area contributed by atoms with Gasteiger partial charge in [-0.05, 0) is 25.7 Å². The maximum absolute atomic E-state index is 12.6. The minimum absolute atomic E-state index is 0.0297. The van der Waals surface area contributed by atoms with Crippen molar-refractivity contribution in [3.05, 3.63) is 36.7 Å². The monoisotopic (exact) mass is 316 g/mol. The first-order valence-corrected chi connectivity index (χ1v) is 8.74. The number of carbonyl (C=O) groups is 1. The fourth-order valence-corrected chi connectivity index (χ4v) is 5.57. The summed E-state index contributed by atoms with van der Waals surface area (Å²) in [5.41, 5.74) is 0.543. The van der Waals surface area contributed by atoms with Crippen LogP contribution in [0.15, 0.2) is 31.1 Å². The van der Waals surface area contributed by atoms with Crippen LogP contribution in [0.1, 0.15) is 36.0 Å². The molecule has 2 aliphatic rings. The summed E-state index contributed by atoms with van der Waals surface area (Å²) in [7, 11) is -0.730. The van der Waals surface area contributed by atoms with E-state index in [0.717, 1.165) is 25.7 Å². The maximum Gasteiger partial charge on any atom is 0.234 e. The van der Waals surface area contributed by atoms with Gasteiger partial charge in [-0.2, -0.15) is 0 Å². The number of carbonyl (C=O) groups excluding carboxylic acids is 1. The zero-order valence-corrected chi connectivity index (χ0v) is 12.8. The number of rotatable bonds is 3. The van der Waals surface area contributed by atoms with Gasteiger partial charge in [0.2, 0.25) is 5.95 Å². The van der Waals surface area contributed by atoms with E-state index in [4.69, 9.17) is 0 Å². The Morgan fingerprint density at radius 3 is 2.45 bits per heavy atom. The molecule has 0 N–H and O–H groups in total. The molecule has 2 aromatic heterocycles. The van der Waals surface area contributed by atoms with Crippen molar-refractivity contribution in [2.24, 2.45) is 5.92 Å². The summed E-state index contributed by atoms with van der Waals surface area (Å²) in [5.74, 6) is 0.558. The molecule has 0 aromatic carbocycles. The summed E-state index contributed by atoms with van der Waals surface area (Å²) >= 11 is 0. The molecule has 6 nitrogen and oxygen atoms in total. The first-order valence-electron chi connectivity index (χ1n) is 7.46. The average molecular weight is 316 g/mol. The topological polar surface area (TPSA) is 77.7 Å². The Morgan fingerprint density at radius 2 is 1.86 bits per heavy atom. The minimum atomic E-state index is -0.730. The number of Topliss-reactive ketones (excluding diaryl/α,β-unsaturated/α-hetero) is 1. The third-order valence-corrected chi connectivity index (χ3v) is 6.76. The smallest absolute Gasteiger partial charge is 0.234 e. The van der Waals surface area contributed by atoms with E-state index in [-0.39, 0.29) is 22.2 Å². The molecule has 2 saturated heterocycles. The van der Waals surface area contributed by atoms with Crippen LogP contribution in [0.4, 0.5) is 0 Å². The molecule has 0 radical (unpaired) electrons. The van der Waals surface area contributed by atoms with Crippen LogP contribution in [0.5, 0.6) is 0 Å². The Hall–Kier alpha value is -1.89. The summed E-state index contributed by atoms with van der Waals surface area (Å²) in [6, 6.07) is 0.